The van der Waals surface area contributed by atoms with E-state index in [1.807, 2.05) is 60.0 Å². The summed E-state index contributed by atoms with van der Waals surface area (Å²) >= 11 is 6.29. The summed E-state index contributed by atoms with van der Waals surface area (Å²) in [6, 6.07) is 19.7. The topological polar surface area (TPSA) is 74.4 Å². The van der Waals surface area contributed by atoms with Gasteiger partial charge in [0.15, 0.2) is 11.5 Å². The van der Waals surface area contributed by atoms with Crippen LogP contribution >= 0.6 is 11.6 Å². The summed E-state index contributed by atoms with van der Waals surface area (Å²) in [5, 5.41) is 3.82. The highest BCUT2D eigenvalue weighted by Gasteiger charge is 2.36. The number of ether oxygens (including phenoxy) is 2. The number of piperazine rings is 1. The van der Waals surface area contributed by atoms with Gasteiger partial charge in [-0.2, -0.15) is 0 Å². The Hall–Kier alpha value is -3.75. The highest BCUT2D eigenvalue weighted by atomic mass is 35.5. The summed E-state index contributed by atoms with van der Waals surface area (Å²) in [4.78, 5) is 32.4. The Kier molecular flexibility index (Phi) is 10.3. The van der Waals surface area contributed by atoms with Crippen LogP contribution in [0.15, 0.2) is 60.7 Å². The van der Waals surface area contributed by atoms with Crippen LogP contribution in [0, 0.1) is 11.8 Å². The van der Waals surface area contributed by atoms with Gasteiger partial charge in [0.05, 0.1) is 32.2 Å². The minimum atomic E-state index is -0.348. The smallest absolute Gasteiger partial charge is 0.236 e. The summed E-state index contributed by atoms with van der Waals surface area (Å²) in [7, 11) is 3.78. The number of nitrogens with one attached hydrogen (secondary N) is 1. The van der Waals surface area contributed by atoms with Crippen molar-refractivity contribution in [3.05, 3.63) is 82.4 Å². The summed E-state index contributed by atoms with van der Waals surface area (Å²) in [5.41, 5.74) is 4.91. The number of halogens is 1. The number of methoxy groups -OCH3 is 1. The molecule has 1 N–H and O–H groups in total. The number of carbonyl (C=O) groups excluding carboxylic acids is 2. The van der Waals surface area contributed by atoms with E-state index < -0.39 is 0 Å². The van der Waals surface area contributed by atoms with Gasteiger partial charge in [-0.15, -0.1) is 0 Å². The summed E-state index contributed by atoms with van der Waals surface area (Å²) < 4.78 is 11.8. The second-order valence-corrected chi connectivity index (χ2v) is 14.0. The average molecular weight is 659 g/mol. The largest absolute Gasteiger partial charge is 0.493 e. The SMILES string of the molecule is COc1cc2c(cc1OC(C)C)[C@H](c1ccc(Cl)cc1)N(c1ccc(N(C)CC3CCC(CN4CCNCC4=O)CC3)cc1)C(=O)C2. The summed E-state index contributed by atoms with van der Waals surface area (Å²) in [6.45, 7) is 8.08. The number of anilines is 2. The Bertz CT molecular complexity index is 1550. The lowest BCUT2D eigenvalue weighted by molar-refractivity contribution is -0.132. The molecule has 3 aliphatic rings. The quantitative estimate of drug-likeness (QED) is 0.269. The van der Waals surface area contributed by atoms with Gasteiger partial charge in [0.2, 0.25) is 11.8 Å². The molecule has 1 saturated heterocycles. The van der Waals surface area contributed by atoms with Crippen LogP contribution in [0.5, 0.6) is 11.5 Å². The van der Waals surface area contributed by atoms with Gasteiger partial charge in [0.25, 0.3) is 0 Å². The first-order valence-corrected chi connectivity index (χ1v) is 17.3. The van der Waals surface area contributed by atoms with E-state index in [2.05, 4.69) is 41.5 Å². The number of fused-ring (bicyclic) bond motifs is 1. The highest BCUT2D eigenvalue weighted by Crippen LogP contribution is 2.44. The van der Waals surface area contributed by atoms with Crippen molar-refractivity contribution in [1.29, 1.82) is 0 Å². The number of carbonyl (C=O) groups is 2. The fourth-order valence-corrected chi connectivity index (χ4v) is 7.56. The number of hydrogen-bond donors (Lipinski definition) is 1. The molecule has 0 spiro atoms. The predicted octanol–water partition coefficient (Wildman–Crippen LogP) is 6.49. The van der Waals surface area contributed by atoms with Crippen molar-refractivity contribution in [2.75, 3.05) is 56.7 Å². The van der Waals surface area contributed by atoms with E-state index in [0.29, 0.717) is 34.9 Å². The molecule has 1 saturated carbocycles. The van der Waals surface area contributed by atoms with Gasteiger partial charge in [-0.05, 0) is 117 Å². The van der Waals surface area contributed by atoms with Gasteiger partial charge in [0.1, 0.15) is 0 Å². The summed E-state index contributed by atoms with van der Waals surface area (Å²) in [6.07, 6.45) is 4.96. The third kappa shape index (κ3) is 7.54. The summed E-state index contributed by atoms with van der Waals surface area (Å²) in [5.74, 6) is 2.79. The van der Waals surface area contributed by atoms with Crippen LogP contribution in [0.2, 0.25) is 5.02 Å². The second-order valence-electron chi connectivity index (χ2n) is 13.6. The van der Waals surface area contributed by atoms with E-state index in [1.165, 1.54) is 25.7 Å². The number of benzene rings is 3. The van der Waals surface area contributed by atoms with Crippen LogP contribution in [0.1, 0.15) is 62.3 Å². The van der Waals surface area contributed by atoms with Gasteiger partial charge < -0.3 is 29.5 Å². The molecule has 3 aromatic carbocycles. The molecule has 3 aromatic rings. The third-order valence-corrected chi connectivity index (χ3v) is 10.1. The van der Waals surface area contributed by atoms with Crippen molar-refractivity contribution in [3.8, 4) is 11.5 Å². The van der Waals surface area contributed by atoms with Crippen molar-refractivity contribution in [2.24, 2.45) is 11.8 Å². The number of rotatable bonds is 10. The first-order valence-electron chi connectivity index (χ1n) is 16.9. The Morgan fingerprint density at radius 2 is 1.64 bits per heavy atom. The number of hydrogen-bond acceptors (Lipinski definition) is 6. The molecule has 1 aliphatic carbocycles. The number of nitrogens with zero attached hydrogens (tertiary/aromatic N) is 3. The molecule has 0 aromatic heterocycles. The third-order valence-electron chi connectivity index (χ3n) is 9.87. The monoisotopic (exact) mass is 658 g/mol. The van der Waals surface area contributed by atoms with Crippen LogP contribution in [0.4, 0.5) is 11.4 Å². The standard InChI is InChI=1S/C38H47ClN4O4/c1-25(2)47-35-21-33-29(19-34(35)46-4)20-36(44)43(38(33)28-9-11-30(39)12-10-28)32-15-13-31(14-16-32)41(3)23-26-5-7-27(8-6-26)24-42-18-17-40-22-37(42)45/h9-16,19,21,25-27,38,40H,5-8,17-18,20,22-24H2,1-4H3/t26?,27?,38-/m0/s1. The zero-order valence-corrected chi connectivity index (χ0v) is 28.8. The van der Waals surface area contributed by atoms with Crippen LogP contribution in [0.3, 0.4) is 0 Å². The lowest BCUT2D eigenvalue weighted by atomic mass is 9.81. The maximum atomic E-state index is 13.9. The fourth-order valence-electron chi connectivity index (χ4n) is 7.44. The lowest BCUT2D eigenvalue weighted by Gasteiger charge is -2.38. The molecule has 1 atom stereocenters. The molecule has 0 radical (unpaired) electrons. The van der Waals surface area contributed by atoms with Gasteiger partial charge in [0, 0.05) is 49.6 Å². The van der Waals surface area contributed by atoms with Crippen molar-refractivity contribution >= 4 is 34.8 Å². The van der Waals surface area contributed by atoms with E-state index >= 15 is 0 Å². The van der Waals surface area contributed by atoms with Crippen LogP contribution in [0.25, 0.3) is 0 Å². The molecule has 8 nitrogen and oxygen atoms in total. The molecule has 0 unspecified atom stereocenters. The highest BCUT2D eigenvalue weighted by molar-refractivity contribution is 6.30. The molecular formula is C38H47ClN4O4. The Balaban J connectivity index is 1.18. The maximum Gasteiger partial charge on any atom is 0.236 e. The van der Waals surface area contributed by atoms with Crippen molar-refractivity contribution < 1.29 is 19.1 Å². The van der Waals surface area contributed by atoms with Crippen molar-refractivity contribution in [1.82, 2.24) is 10.2 Å². The van der Waals surface area contributed by atoms with Crippen LogP contribution in [-0.2, 0) is 16.0 Å². The maximum absolute atomic E-state index is 13.9. The van der Waals surface area contributed by atoms with E-state index in [0.717, 1.165) is 54.2 Å². The predicted molar refractivity (Wildman–Crippen MR) is 188 cm³/mol. The van der Waals surface area contributed by atoms with Gasteiger partial charge in [-0.25, -0.2) is 0 Å². The average Bonchev–Trinajstić information content (AvgIpc) is 3.06. The van der Waals surface area contributed by atoms with Gasteiger partial charge >= 0.3 is 0 Å². The molecule has 2 aliphatic heterocycles. The van der Waals surface area contributed by atoms with E-state index in [-0.39, 0.29) is 30.4 Å². The molecule has 47 heavy (non-hydrogen) atoms. The molecule has 2 amide bonds. The number of amides is 2. The molecule has 6 rings (SSSR count). The molecule has 250 valence electrons. The molecule has 0 bridgehead atoms. The zero-order chi connectivity index (χ0) is 33.1. The first kappa shape index (κ1) is 33.2. The minimum Gasteiger partial charge on any atom is -0.493 e. The fraction of sp³-hybridized carbons (Fsp3) is 0.474. The normalized spacial score (nSPS) is 21.5. The molecule has 9 heteroatoms. The van der Waals surface area contributed by atoms with Crippen molar-refractivity contribution in [3.63, 3.8) is 0 Å². The molecule has 2 fully saturated rings. The Morgan fingerprint density at radius 1 is 0.936 bits per heavy atom. The Labute approximate surface area is 284 Å². The molecule has 2 heterocycles. The minimum absolute atomic E-state index is 0.0254. The van der Waals surface area contributed by atoms with E-state index in [9.17, 15) is 9.59 Å². The first-order chi connectivity index (χ1) is 22.7. The van der Waals surface area contributed by atoms with E-state index in [4.69, 9.17) is 21.1 Å². The molecular weight excluding hydrogens is 612 g/mol. The van der Waals surface area contributed by atoms with Crippen LogP contribution in [-0.4, -0.2) is 69.7 Å². The zero-order valence-electron chi connectivity index (χ0n) is 28.0. The van der Waals surface area contributed by atoms with Crippen LogP contribution < -0.4 is 24.6 Å². The second kappa shape index (κ2) is 14.6. The van der Waals surface area contributed by atoms with E-state index in [1.54, 1.807) is 7.11 Å². The van der Waals surface area contributed by atoms with Gasteiger partial charge in [-0.1, -0.05) is 23.7 Å². The van der Waals surface area contributed by atoms with Crippen molar-refractivity contribution in [2.45, 2.75) is 58.1 Å². The lowest BCUT2D eigenvalue weighted by Crippen LogP contribution is -2.49. The Morgan fingerprint density at radius 3 is 2.30 bits per heavy atom. The van der Waals surface area contributed by atoms with Gasteiger partial charge in [-0.3, -0.25) is 9.59 Å².